The maximum absolute atomic E-state index is 15.2. The third-order valence-corrected chi connectivity index (χ3v) is 6.83. The molecule has 0 spiro atoms. The molecule has 0 fully saturated rings. The van der Waals surface area contributed by atoms with Crippen LogP contribution >= 0.6 is 23.2 Å². The van der Waals surface area contributed by atoms with Crippen LogP contribution in [0.15, 0.2) is 77.2 Å². The summed E-state index contributed by atoms with van der Waals surface area (Å²) < 4.78 is 21.8. The maximum atomic E-state index is 15.2. The second-order valence-electron chi connectivity index (χ2n) is 9.55. The van der Waals surface area contributed by atoms with Gasteiger partial charge in [0.15, 0.2) is 5.58 Å². The van der Waals surface area contributed by atoms with Crippen LogP contribution in [0.2, 0.25) is 10.0 Å². The minimum absolute atomic E-state index is 0.105. The van der Waals surface area contributed by atoms with Crippen molar-refractivity contribution in [3.05, 3.63) is 99.8 Å². The van der Waals surface area contributed by atoms with E-state index in [1.54, 1.807) is 29.2 Å². The van der Waals surface area contributed by atoms with Crippen molar-refractivity contribution in [3.63, 3.8) is 0 Å². The normalized spacial score (nSPS) is 12.0. The first-order chi connectivity index (χ1) is 16.2. The van der Waals surface area contributed by atoms with Gasteiger partial charge in [-0.1, -0.05) is 86.4 Å². The molecule has 4 aromatic carbocycles. The van der Waals surface area contributed by atoms with Crippen molar-refractivity contribution in [3.8, 4) is 0 Å². The van der Waals surface area contributed by atoms with E-state index in [0.29, 0.717) is 32.7 Å². The predicted molar refractivity (Wildman–Crippen MR) is 142 cm³/mol. The standard InChI is InChI=1S/C29H24Cl2FNO/c1-17-15-21(30)26(31)25(16-17)33(23-13-6-5-12-22(23)32)24-14-8-10-19-18-9-7-11-20(29(2,3)4)27(18)34-28(19)24/h5-16H,1-4H3. The molecule has 0 N–H and O–H groups in total. The van der Waals surface area contributed by atoms with Crippen molar-refractivity contribution in [2.75, 3.05) is 4.90 Å². The lowest BCUT2D eigenvalue weighted by Crippen LogP contribution is -2.13. The molecule has 0 bridgehead atoms. The third-order valence-electron chi connectivity index (χ3n) is 6.04. The van der Waals surface area contributed by atoms with Gasteiger partial charge in [0.25, 0.3) is 0 Å². The highest BCUT2D eigenvalue weighted by Crippen LogP contribution is 2.47. The summed E-state index contributed by atoms with van der Waals surface area (Å²) in [6.07, 6.45) is 0. The number of hydrogen-bond donors (Lipinski definition) is 0. The van der Waals surface area contributed by atoms with Gasteiger partial charge in [-0.2, -0.15) is 0 Å². The summed E-state index contributed by atoms with van der Waals surface area (Å²) in [7, 11) is 0. The average Bonchev–Trinajstić information content (AvgIpc) is 3.17. The van der Waals surface area contributed by atoms with Crippen LogP contribution in [0.1, 0.15) is 31.9 Å². The van der Waals surface area contributed by atoms with Gasteiger partial charge in [-0.25, -0.2) is 4.39 Å². The number of aryl methyl sites for hydroxylation is 1. The van der Waals surface area contributed by atoms with Crippen LogP contribution in [-0.4, -0.2) is 0 Å². The molecule has 1 aromatic heterocycles. The van der Waals surface area contributed by atoms with Gasteiger partial charge < -0.3 is 9.32 Å². The zero-order valence-electron chi connectivity index (χ0n) is 19.4. The van der Waals surface area contributed by atoms with Crippen LogP contribution in [0, 0.1) is 12.7 Å². The second kappa shape index (κ2) is 8.33. The highest BCUT2D eigenvalue weighted by Gasteiger charge is 2.26. The number of halogens is 3. The van der Waals surface area contributed by atoms with Gasteiger partial charge >= 0.3 is 0 Å². The smallest absolute Gasteiger partial charge is 0.159 e. The summed E-state index contributed by atoms with van der Waals surface area (Å²) >= 11 is 13.2. The van der Waals surface area contributed by atoms with Gasteiger partial charge in [0.1, 0.15) is 11.4 Å². The molecule has 0 unspecified atom stereocenters. The molecule has 0 aliphatic carbocycles. The Kier molecular flexibility index (Phi) is 5.58. The first kappa shape index (κ1) is 22.8. The minimum atomic E-state index is -0.375. The number of furan rings is 1. The molecule has 1 heterocycles. The third kappa shape index (κ3) is 3.73. The van der Waals surface area contributed by atoms with Gasteiger partial charge in [-0.15, -0.1) is 0 Å². The highest BCUT2D eigenvalue weighted by atomic mass is 35.5. The average molecular weight is 492 g/mol. The highest BCUT2D eigenvalue weighted by molar-refractivity contribution is 6.44. The first-order valence-corrected chi connectivity index (χ1v) is 11.9. The largest absolute Gasteiger partial charge is 0.454 e. The number of para-hydroxylation sites is 3. The molecule has 0 saturated heterocycles. The van der Waals surface area contributed by atoms with Crippen LogP contribution in [-0.2, 0) is 5.41 Å². The van der Waals surface area contributed by atoms with E-state index < -0.39 is 0 Å². The molecule has 5 heteroatoms. The van der Waals surface area contributed by atoms with Gasteiger partial charge in [-0.3, -0.25) is 0 Å². The fourth-order valence-corrected chi connectivity index (χ4v) is 4.93. The molecule has 0 aliphatic rings. The molecular weight excluding hydrogens is 468 g/mol. The van der Waals surface area contributed by atoms with E-state index in [9.17, 15) is 0 Å². The van der Waals surface area contributed by atoms with Crippen molar-refractivity contribution in [1.82, 2.24) is 0 Å². The Morgan fingerprint density at radius 3 is 2.12 bits per heavy atom. The van der Waals surface area contributed by atoms with E-state index in [-0.39, 0.29) is 11.2 Å². The van der Waals surface area contributed by atoms with Gasteiger partial charge in [0, 0.05) is 16.3 Å². The quantitative estimate of drug-likeness (QED) is 0.249. The van der Waals surface area contributed by atoms with E-state index in [2.05, 4.69) is 39.0 Å². The van der Waals surface area contributed by atoms with Crippen LogP contribution in [0.25, 0.3) is 21.9 Å². The topological polar surface area (TPSA) is 16.4 Å². The number of rotatable bonds is 3. The Labute approximate surface area is 208 Å². The van der Waals surface area contributed by atoms with E-state index >= 15 is 4.39 Å². The second-order valence-corrected chi connectivity index (χ2v) is 10.3. The van der Waals surface area contributed by atoms with E-state index in [4.69, 9.17) is 27.6 Å². The molecule has 2 nitrogen and oxygen atoms in total. The first-order valence-electron chi connectivity index (χ1n) is 11.1. The molecule has 0 saturated carbocycles. The van der Waals surface area contributed by atoms with Crippen molar-refractivity contribution < 1.29 is 8.81 Å². The zero-order chi connectivity index (χ0) is 24.2. The van der Waals surface area contributed by atoms with Crippen molar-refractivity contribution in [2.24, 2.45) is 0 Å². The minimum Gasteiger partial charge on any atom is -0.454 e. The number of benzene rings is 4. The van der Waals surface area contributed by atoms with Crippen LogP contribution in [0.4, 0.5) is 21.5 Å². The lowest BCUT2D eigenvalue weighted by molar-refractivity contribution is 0.573. The Morgan fingerprint density at radius 2 is 1.41 bits per heavy atom. The Morgan fingerprint density at radius 1 is 0.765 bits per heavy atom. The monoisotopic (exact) mass is 491 g/mol. The lowest BCUT2D eigenvalue weighted by Gasteiger charge is -2.27. The summed E-state index contributed by atoms with van der Waals surface area (Å²) in [6, 6.07) is 22.4. The molecule has 0 atom stereocenters. The van der Waals surface area contributed by atoms with Gasteiger partial charge in [0.05, 0.1) is 27.1 Å². The fraction of sp³-hybridized carbons (Fsp3) is 0.172. The molecule has 0 radical (unpaired) electrons. The molecular formula is C29H24Cl2FNO. The molecule has 5 aromatic rings. The fourth-order valence-electron chi connectivity index (χ4n) is 4.46. The van der Waals surface area contributed by atoms with Crippen LogP contribution in [0.5, 0.6) is 0 Å². The van der Waals surface area contributed by atoms with Crippen molar-refractivity contribution >= 4 is 62.2 Å². The van der Waals surface area contributed by atoms with E-state index in [0.717, 1.165) is 27.5 Å². The number of anilines is 3. The summed E-state index contributed by atoms with van der Waals surface area (Å²) in [4.78, 5) is 1.79. The van der Waals surface area contributed by atoms with Crippen molar-refractivity contribution in [1.29, 1.82) is 0 Å². The molecule has 34 heavy (non-hydrogen) atoms. The zero-order valence-corrected chi connectivity index (χ0v) is 20.9. The summed E-state index contributed by atoms with van der Waals surface area (Å²) in [5.74, 6) is -0.375. The van der Waals surface area contributed by atoms with Crippen LogP contribution in [0.3, 0.4) is 0 Å². The summed E-state index contributed by atoms with van der Waals surface area (Å²) in [5, 5.41) is 2.73. The SMILES string of the molecule is Cc1cc(Cl)c(Cl)c(N(c2ccccc2F)c2cccc3c2oc2c(C(C)(C)C)cccc23)c1. The van der Waals surface area contributed by atoms with E-state index in [1.165, 1.54) is 6.07 Å². The predicted octanol–water partition coefficient (Wildman–Crippen LogP) is 10.1. The lowest BCUT2D eigenvalue weighted by atomic mass is 9.86. The van der Waals surface area contributed by atoms with Gasteiger partial charge in [0.2, 0.25) is 0 Å². The molecule has 5 rings (SSSR count). The van der Waals surface area contributed by atoms with E-state index in [1.807, 2.05) is 31.2 Å². The number of hydrogen-bond acceptors (Lipinski definition) is 2. The molecule has 0 aliphatic heterocycles. The molecule has 0 amide bonds. The Balaban J connectivity index is 1.89. The maximum Gasteiger partial charge on any atom is 0.159 e. The van der Waals surface area contributed by atoms with Gasteiger partial charge in [-0.05, 0) is 48.2 Å². The Hall–Kier alpha value is -3.01. The summed E-state index contributed by atoms with van der Waals surface area (Å²) in [5.41, 5.74) is 5.04. The van der Waals surface area contributed by atoms with Crippen LogP contribution < -0.4 is 4.90 Å². The Bertz CT molecular complexity index is 1550. The van der Waals surface area contributed by atoms with Crippen molar-refractivity contribution in [2.45, 2.75) is 33.1 Å². The molecule has 172 valence electrons. The number of nitrogens with zero attached hydrogens (tertiary/aromatic N) is 1. The number of fused-ring (bicyclic) bond motifs is 3. The summed E-state index contributed by atoms with van der Waals surface area (Å²) in [6.45, 7) is 8.42.